The summed E-state index contributed by atoms with van der Waals surface area (Å²) in [4.78, 5) is 0. The van der Waals surface area contributed by atoms with Gasteiger partial charge >= 0.3 is 0 Å². The Hall–Kier alpha value is -0.120. The molecule has 0 aliphatic carbocycles. The highest BCUT2D eigenvalue weighted by atomic mass is 16.3. The first-order chi connectivity index (χ1) is 7.74. The fourth-order valence-corrected chi connectivity index (χ4v) is 2.41. The Morgan fingerprint density at radius 1 is 1.29 bits per heavy atom. The van der Waals surface area contributed by atoms with Crippen LogP contribution in [0.15, 0.2) is 0 Å². The van der Waals surface area contributed by atoms with E-state index < -0.39 is 5.60 Å². The van der Waals surface area contributed by atoms with E-state index in [0.29, 0.717) is 6.54 Å². The molecule has 1 aliphatic rings. The number of hydrogen-bond acceptors (Lipinski definition) is 3. The van der Waals surface area contributed by atoms with Gasteiger partial charge in [-0.15, -0.1) is 0 Å². The van der Waals surface area contributed by atoms with E-state index >= 15 is 0 Å². The molecular formula is C14H30N2O. The average Bonchev–Trinajstić information content (AvgIpc) is 2.26. The molecule has 1 fully saturated rings. The van der Waals surface area contributed by atoms with Crippen LogP contribution in [0.3, 0.4) is 0 Å². The lowest BCUT2D eigenvalue weighted by atomic mass is 9.82. The molecule has 3 unspecified atom stereocenters. The number of piperidine rings is 1. The van der Waals surface area contributed by atoms with Crippen LogP contribution in [0.5, 0.6) is 0 Å². The summed E-state index contributed by atoms with van der Waals surface area (Å²) >= 11 is 0. The first-order valence-electron chi connectivity index (χ1n) is 6.95. The zero-order chi connectivity index (χ0) is 13.1. The molecular weight excluding hydrogens is 212 g/mol. The van der Waals surface area contributed by atoms with E-state index in [1.807, 2.05) is 6.92 Å². The van der Waals surface area contributed by atoms with Gasteiger partial charge in [0.15, 0.2) is 0 Å². The molecule has 3 N–H and O–H groups in total. The van der Waals surface area contributed by atoms with E-state index in [1.54, 1.807) is 0 Å². The van der Waals surface area contributed by atoms with Crippen molar-refractivity contribution < 1.29 is 5.11 Å². The number of rotatable bonds is 4. The molecule has 1 rings (SSSR count). The normalized spacial score (nSPS) is 30.0. The summed E-state index contributed by atoms with van der Waals surface area (Å²) in [6.07, 6.45) is 3.56. The van der Waals surface area contributed by atoms with Gasteiger partial charge in [-0.1, -0.05) is 13.3 Å². The molecule has 0 bridgehead atoms. The largest absolute Gasteiger partial charge is 0.387 e. The molecule has 0 aromatic rings. The van der Waals surface area contributed by atoms with E-state index in [4.69, 9.17) is 0 Å². The second-order valence-corrected chi connectivity index (χ2v) is 6.77. The molecule has 102 valence electrons. The van der Waals surface area contributed by atoms with Crippen molar-refractivity contribution in [2.75, 3.05) is 13.1 Å². The predicted molar refractivity (Wildman–Crippen MR) is 73.2 cm³/mol. The van der Waals surface area contributed by atoms with Gasteiger partial charge in [0.25, 0.3) is 0 Å². The van der Waals surface area contributed by atoms with Gasteiger partial charge in [0.2, 0.25) is 0 Å². The summed E-state index contributed by atoms with van der Waals surface area (Å²) in [5.41, 5.74) is -0.607. The summed E-state index contributed by atoms with van der Waals surface area (Å²) in [6.45, 7) is 12.3. The van der Waals surface area contributed by atoms with Crippen molar-refractivity contribution in [2.24, 2.45) is 5.92 Å². The monoisotopic (exact) mass is 242 g/mol. The summed E-state index contributed by atoms with van der Waals surface area (Å²) in [5, 5.41) is 17.5. The van der Waals surface area contributed by atoms with E-state index in [9.17, 15) is 5.11 Å². The third-order valence-corrected chi connectivity index (χ3v) is 3.82. The molecule has 1 saturated heterocycles. The maximum absolute atomic E-state index is 10.6. The van der Waals surface area contributed by atoms with Crippen molar-refractivity contribution in [2.45, 2.75) is 71.1 Å². The van der Waals surface area contributed by atoms with Crippen LogP contribution in [0.4, 0.5) is 0 Å². The fourth-order valence-electron chi connectivity index (χ4n) is 2.41. The number of β-amino-alcohol motifs (C(OH)–C–C–N with tert-alkyl or cyclic N) is 1. The quantitative estimate of drug-likeness (QED) is 0.705. The highest BCUT2D eigenvalue weighted by Gasteiger charge is 2.35. The summed E-state index contributed by atoms with van der Waals surface area (Å²) in [7, 11) is 0. The Morgan fingerprint density at radius 2 is 1.94 bits per heavy atom. The van der Waals surface area contributed by atoms with Gasteiger partial charge in [-0.05, 0) is 53.0 Å². The van der Waals surface area contributed by atoms with Crippen molar-refractivity contribution >= 4 is 0 Å². The van der Waals surface area contributed by atoms with Crippen LogP contribution >= 0.6 is 0 Å². The third-order valence-electron chi connectivity index (χ3n) is 3.82. The summed E-state index contributed by atoms with van der Waals surface area (Å²) < 4.78 is 0. The van der Waals surface area contributed by atoms with E-state index in [0.717, 1.165) is 18.9 Å². The van der Waals surface area contributed by atoms with Crippen LogP contribution in [-0.4, -0.2) is 35.4 Å². The number of nitrogens with one attached hydrogen (secondary N) is 2. The Balaban J connectivity index is 2.50. The second kappa shape index (κ2) is 5.68. The average molecular weight is 242 g/mol. The first kappa shape index (κ1) is 14.9. The third kappa shape index (κ3) is 4.94. The SMILES string of the molecule is CCC1CCNC(C(C)(O)CNC(C)(C)C)C1. The van der Waals surface area contributed by atoms with Crippen LogP contribution in [0.25, 0.3) is 0 Å². The minimum absolute atomic E-state index is 0.0583. The molecule has 1 aliphatic heterocycles. The van der Waals surface area contributed by atoms with Gasteiger partial charge in [0.05, 0.1) is 5.60 Å². The lowest BCUT2D eigenvalue weighted by Crippen LogP contribution is -2.59. The van der Waals surface area contributed by atoms with E-state index in [2.05, 4.69) is 38.3 Å². The highest BCUT2D eigenvalue weighted by molar-refractivity contribution is 4.94. The molecule has 0 amide bonds. The summed E-state index contributed by atoms with van der Waals surface area (Å²) in [5.74, 6) is 0.766. The standard InChI is InChI=1S/C14H30N2O/c1-6-11-7-8-15-12(9-11)14(5,17)10-16-13(2,3)4/h11-12,15-17H,6-10H2,1-5H3. The van der Waals surface area contributed by atoms with Gasteiger partial charge in [-0.2, -0.15) is 0 Å². The van der Waals surface area contributed by atoms with Gasteiger partial charge in [0, 0.05) is 18.1 Å². The second-order valence-electron chi connectivity index (χ2n) is 6.77. The summed E-state index contributed by atoms with van der Waals surface area (Å²) in [6, 6.07) is 0.219. The minimum atomic E-state index is -0.666. The van der Waals surface area contributed by atoms with Crippen molar-refractivity contribution in [1.29, 1.82) is 0 Å². The van der Waals surface area contributed by atoms with Crippen LogP contribution in [0, 0.1) is 5.92 Å². The smallest absolute Gasteiger partial charge is 0.0895 e. The Labute approximate surface area is 106 Å². The molecule has 0 radical (unpaired) electrons. The highest BCUT2D eigenvalue weighted by Crippen LogP contribution is 2.25. The van der Waals surface area contributed by atoms with Crippen LogP contribution < -0.4 is 10.6 Å². The Bertz CT molecular complexity index is 233. The maximum Gasteiger partial charge on any atom is 0.0895 e. The molecule has 3 nitrogen and oxygen atoms in total. The van der Waals surface area contributed by atoms with Crippen molar-refractivity contribution in [3.05, 3.63) is 0 Å². The zero-order valence-electron chi connectivity index (χ0n) is 12.1. The Kier molecular flexibility index (Phi) is 4.99. The molecule has 3 atom stereocenters. The minimum Gasteiger partial charge on any atom is -0.387 e. The maximum atomic E-state index is 10.6. The molecule has 3 heteroatoms. The van der Waals surface area contributed by atoms with Crippen LogP contribution in [0.2, 0.25) is 0 Å². The van der Waals surface area contributed by atoms with Gasteiger partial charge in [-0.3, -0.25) is 0 Å². The van der Waals surface area contributed by atoms with E-state index in [1.165, 1.54) is 12.8 Å². The lowest BCUT2D eigenvalue weighted by Gasteiger charge is -2.40. The topological polar surface area (TPSA) is 44.3 Å². The van der Waals surface area contributed by atoms with Crippen molar-refractivity contribution in [3.8, 4) is 0 Å². The van der Waals surface area contributed by atoms with E-state index in [-0.39, 0.29) is 11.6 Å². The molecule has 17 heavy (non-hydrogen) atoms. The fraction of sp³-hybridized carbons (Fsp3) is 1.00. The van der Waals surface area contributed by atoms with Crippen LogP contribution in [0.1, 0.15) is 53.9 Å². The molecule has 0 aromatic carbocycles. The zero-order valence-corrected chi connectivity index (χ0v) is 12.1. The van der Waals surface area contributed by atoms with Crippen LogP contribution in [-0.2, 0) is 0 Å². The molecule has 0 saturated carbocycles. The number of aliphatic hydroxyl groups is 1. The first-order valence-corrected chi connectivity index (χ1v) is 6.95. The lowest BCUT2D eigenvalue weighted by molar-refractivity contribution is -0.00224. The predicted octanol–water partition coefficient (Wildman–Crippen LogP) is 1.90. The number of hydrogen-bond donors (Lipinski definition) is 3. The van der Waals surface area contributed by atoms with Gasteiger partial charge < -0.3 is 15.7 Å². The van der Waals surface area contributed by atoms with Crippen molar-refractivity contribution in [3.63, 3.8) is 0 Å². The Morgan fingerprint density at radius 3 is 2.47 bits per heavy atom. The van der Waals surface area contributed by atoms with Gasteiger partial charge in [0.1, 0.15) is 0 Å². The van der Waals surface area contributed by atoms with Crippen molar-refractivity contribution in [1.82, 2.24) is 10.6 Å². The molecule has 0 aromatic heterocycles. The molecule has 0 spiro atoms. The molecule has 1 heterocycles. The van der Waals surface area contributed by atoms with Gasteiger partial charge in [-0.25, -0.2) is 0 Å².